The van der Waals surface area contributed by atoms with E-state index in [1.807, 2.05) is 42.8 Å². The molecule has 21 heavy (non-hydrogen) atoms. The topological polar surface area (TPSA) is 72.4 Å². The predicted octanol–water partition coefficient (Wildman–Crippen LogP) is 2.48. The van der Waals surface area contributed by atoms with Crippen LogP contribution in [-0.4, -0.2) is 21.8 Å². The van der Waals surface area contributed by atoms with Crippen molar-refractivity contribution in [2.24, 2.45) is 11.1 Å². The average Bonchev–Trinajstić information content (AvgIpc) is 2.89. The van der Waals surface area contributed by atoms with Gasteiger partial charge in [0.1, 0.15) is 5.65 Å². The lowest BCUT2D eigenvalue weighted by molar-refractivity contribution is -0.131. The van der Waals surface area contributed by atoms with Gasteiger partial charge in [0, 0.05) is 23.4 Å². The number of carbonyl (C=O) groups is 1. The Hall–Kier alpha value is -1.40. The SMILES string of the molecule is CCC(CC)(CN)C(=O)NCc1cn2cc(Br)ccc2n1. The summed E-state index contributed by atoms with van der Waals surface area (Å²) in [5.74, 6) is 0.00763. The summed E-state index contributed by atoms with van der Waals surface area (Å²) in [7, 11) is 0. The summed E-state index contributed by atoms with van der Waals surface area (Å²) < 4.78 is 2.92. The van der Waals surface area contributed by atoms with Gasteiger partial charge in [0.25, 0.3) is 0 Å². The van der Waals surface area contributed by atoms with Crippen molar-refractivity contribution in [1.82, 2.24) is 14.7 Å². The van der Waals surface area contributed by atoms with E-state index >= 15 is 0 Å². The fraction of sp³-hybridized carbons (Fsp3) is 0.467. The van der Waals surface area contributed by atoms with Crippen LogP contribution in [0.5, 0.6) is 0 Å². The van der Waals surface area contributed by atoms with Crippen molar-refractivity contribution in [2.75, 3.05) is 6.54 Å². The van der Waals surface area contributed by atoms with E-state index in [1.54, 1.807) is 0 Å². The van der Waals surface area contributed by atoms with Crippen LogP contribution in [0.25, 0.3) is 5.65 Å². The Morgan fingerprint density at radius 3 is 2.71 bits per heavy atom. The minimum Gasteiger partial charge on any atom is -0.350 e. The summed E-state index contributed by atoms with van der Waals surface area (Å²) in [5, 5.41) is 2.96. The molecule has 0 radical (unpaired) electrons. The van der Waals surface area contributed by atoms with E-state index in [4.69, 9.17) is 5.73 Å². The second-order valence-corrected chi connectivity index (χ2v) is 6.13. The van der Waals surface area contributed by atoms with Crippen LogP contribution in [0.4, 0.5) is 0 Å². The molecule has 0 atom stereocenters. The van der Waals surface area contributed by atoms with Crippen LogP contribution < -0.4 is 11.1 Å². The summed E-state index contributed by atoms with van der Waals surface area (Å²) in [6.07, 6.45) is 5.34. The molecule has 6 heteroatoms. The lowest BCUT2D eigenvalue weighted by Gasteiger charge is -2.28. The molecule has 0 aliphatic rings. The molecule has 3 N–H and O–H groups in total. The maximum atomic E-state index is 12.4. The van der Waals surface area contributed by atoms with Crippen LogP contribution in [0.1, 0.15) is 32.4 Å². The molecule has 0 unspecified atom stereocenters. The van der Waals surface area contributed by atoms with Crippen LogP contribution in [-0.2, 0) is 11.3 Å². The number of aromatic nitrogens is 2. The fourth-order valence-corrected chi connectivity index (χ4v) is 2.77. The van der Waals surface area contributed by atoms with Gasteiger partial charge in [0.2, 0.25) is 5.91 Å². The molecule has 0 fully saturated rings. The molecule has 0 aromatic carbocycles. The molecule has 2 aromatic heterocycles. The molecule has 114 valence electrons. The van der Waals surface area contributed by atoms with Gasteiger partial charge in [0.05, 0.1) is 17.7 Å². The molecule has 2 heterocycles. The van der Waals surface area contributed by atoms with Crippen LogP contribution in [0.2, 0.25) is 0 Å². The molecule has 2 aromatic rings. The zero-order valence-corrected chi connectivity index (χ0v) is 14.0. The van der Waals surface area contributed by atoms with Crippen molar-refractivity contribution in [1.29, 1.82) is 0 Å². The first-order valence-corrected chi connectivity index (χ1v) is 7.95. The van der Waals surface area contributed by atoms with Gasteiger partial charge in [-0.1, -0.05) is 13.8 Å². The maximum absolute atomic E-state index is 12.4. The highest BCUT2D eigenvalue weighted by atomic mass is 79.9. The molecule has 5 nitrogen and oxygen atoms in total. The van der Waals surface area contributed by atoms with Crippen LogP contribution in [0.3, 0.4) is 0 Å². The van der Waals surface area contributed by atoms with E-state index in [2.05, 4.69) is 26.2 Å². The average molecular weight is 353 g/mol. The van der Waals surface area contributed by atoms with Crippen molar-refractivity contribution in [3.63, 3.8) is 0 Å². The molecule has 2 rings (SSSR count). The van der Waals surface area contributed by atoms with Crippen molar-refractivity contribution in [3.05, 3.63) is 34.7 Å². The number of halogens is 1. The highest BCUT2D eigenvalue weighted by molar-refractivity contribution is 9.10. The number of fused-ring (bicyclic) bond motifs is 1. The van der Waals surface area contributed by atoms with Crippen molar-refractivity contribution < 1.29 is 4.79 Å². The van der Waals surface area contributed by atoms with Gasteiger partial charge < -0.3 is 15.5 Å². The Labute approximate surface area is 133 Å². The molecule has 0 spiro atoms. The molecule has 0 aliphatic heterocycles. The molecule has 0 aliphatic carbocycles. The van der Waals surface area contributed by atoms with Gasteiger partial charge in [-0.2, -0.15) is 0 Å². The number of carbonyl (C=O) groups excluding carboxylic acids is 1. The summed E-state index contributed by atoms with van der Waals surface area (Å²) in [4.78, 5) is 16.8. The fourth-order valence-electron chi connectivity index (χ4n) is 2.41. The lowest BCUT2D eigenvalue weighted by Crippen LogP contribution is -2.45. The number of pyridine rings is 1. The minimum atomic E-state index is -0.470. The molecule has 1 amide bonds. The smallest absolute Gasteiger partial charge is 0.227 e. The van der Waals surface area contributed by atoms with Crippen molar-refractivity contribution in [2.45, 2.75) is 33.2 Å². The second kappa shape index (κ2) is 6.58. The molecule has 0 bridgehead atoms. The third kappa shape index (κ3) is 3.27. The summed E-state index contributed by atoms with van der Waals surface area (Å²) in [6.45, 7) is 4.78. The van der Waals surface area contributed by atoms with Gasteiger partial charge in [-0.05, 0) is 40.9 Å². The normalized spacial score (nSPS) is 11.8. The van der Waals surface area contributed by atoms with E-state index in [0.717, 1.165) is 28.7 Å². The number of rotatable bonds is 6. The van der Waals surface area contributed by atoms with E-state index in [9.17, 15) is 4.79 Å². The zero-order valence-electron chi connectivity index (χ0n) is 12.4. The van der Waals surface area contributed by atoms with Crippen LogP contribution in [0.15, 0.2) is 29.0 Å². The van der Waals surface area contributed by atoms with Gasteiger partial charge in [0.15, 0.2) is 0 Å². The first-order valence-electron chi connectivity index (χ1n) is 7.16. The van der Waals surface area contributed by atoms with Crippen LogP contribution in [0, 0.1) is 5.41 Å². The van der Waals surface area contributed by atoms with Crippen molar-refractivity contribution >= 4 is 27.5 Å². The summed E-state index contributed by atoms with van der Waals surface area (Å²) in [6, 6.07) is 3.87. The molecule has 0 saturated heterocycles. The number of hydrogen-bond acceptors (Lipinski definition) is 3. The Balaban J connectivity index is 2.09. The summed E-state index contributed by atoms with van der Waals surface area (Å²) >= 11 is 3.43. The maximum Gasteiger partial charge on any atom is 0.227 e. The predicted molar refractivity (Wildman–Crippen MR) is 86.8 cm³/mol. The lowest BCUT2D eigenvalue weighted by atomic mass is 9.81. The van der Waals surface area contributed by atoms with Gasteiger partial charge >= 0.3 is 0 Å². The number of nitrogens with two attached hydrogens (primary N) is 1. The summed E-state index contributed by atoms with van der Waals surface area (Å²) in [5.41, 5.74) is 7.01. The first-order chi connectivity index (χ1) is 10.0. The van der Waals surface area contributed by atoms with E-state index in [1.165, 1.54) is 0 Å². The third-order valence-corrected chi connectivity index (χ3v) is 4.59. The van der Waals surface area contributed by atoms with Gasteiger partial charge in [-0.15, -0.1) is 0 Å². The monoisotopic (exact) mass is 352 g/mol. The molecule has 0 saturated carbocycles. The second-order valence-electron chi connectivity index (χ2n) is 5.22. The number of nitrogens with zero attached hydrogens (tertiary/aromatic N) is 2. The number of hydrogen-bond donors (Lipinski definition) is 2. The quantitative estimate of drug-likeness (QED) is 0.838. The Morgan fingerprint density at radius 2 is 2.10 bits per heavy atom. The zero-order chi connectivity index (χ0) is 15.5. The minimum absolute atomic E-state index is 0.00763. The number of amides is 1. The first kappa shape index (κ1) is 16.0. The van der Waals surface area contributed by atoms with Gasteiger partial charge in [-0.3, -0.25) is 4.79 Å². The third-order valence-electron chi connectivity index (χ3n) is 4.12. The number of imidazole rings is 1. The van der Waals surface area contributed by atoms with E-state index in [0.29, 0.717) is 13.1 Å². The van der Waals surface area contributed by atoms with E-state index < -0.39 is 5.41 Å². The highest BCUT2D eigenvalue weighted by Gasteiger charge is 2.33. The van der Waals surface area contributed by atoms with Gasteiger partial charge in [-0.25, -0.2) is 4.98 Å². The standard InChI is InChI=1S/C15H21BrN4O/c1-3-15(4-2,10-17)14(21)18-7-12-9-20-8-11(16)5-6-13(20)19-12/h5-6,8-9H,3-4,7,10,17H2,1-2H3,(H,18,21). The van der Waals surface area contributed by atoms with Crippen molar-refractivity contribution in [3.8, 4) is 0 Å². The van der Waals surface area contributed by atoms with E-state index in [-0.39, 0.29) is 5.91 Å². The molecular weight excluding hydrogens is 332 g/mol. The highest BCUT2D eigenvalue weighted by Crippen LogP contribution is 2.25. The Morgan fingerprint density at radius 1 is 1.38 bits per heavy atom. The molecular formula is C15H21BrN4O. The Bertz CT molecular complexity index is 625. The van der Waals surface area contributed by atoms with Crippen LogP contribution >= 0.6 is 15.9 Å². The number of nitrogens with one attached hydrogen (secondary N) is 1. The largest absolute Gasteiger partial charge is 0.350 e. The Kier molecular flexibility index (Phi) is 5.00.